The van der Waals surface area contributed by atoms with Crippen LogP contribution in [0.25, 0.3) is 5.69 Å². The predicted octanol–water partition coefficient (Wildman–Crippen LogP) is 1.88. The number of aryl methyl sites for hydroxylation is 2. The molecule has 0 spiro atoms. The fourth-order valence-electron chi connectivity index (χ4n) is 4.79. The van der Waals surface area contributed by atoms with Crippen molar-refractivity contribution >= 4 is 0 Å². The minimum Gasteiger partial charge on any atom is -0.393 e. The monoisotopic (exact) mass is 384 g/mol. The minimum atomic E-state index is -0.345. The molecular weight excluding hydrogens is 352 g/mol. The van der Waals surface area contributed by atoms with Crippen molar-refractivity contribution in [2.75, 3.05) is 26.2 Å². The van der Waals surface area contributed by atoms with E-state index in [2.05, 4.69) is 40.9 Å². The Balaban J connectivity index is 1.46. The van der Waals surface area contributed by atoms with E-state index in [4.69, 9.17) is 0 Å². The van der Waals surface area contributed by atoms with Crippen molar-refractivity contribution in [3.05, 3.63) is 47.3 Å². The van der Waals surface area contributed by atoms with Gasteiger partial charge in [0.2, 0.25) is 0 Å². The average molecular weight is 385 g/mol. The second kappa shape index (κ2) is 8.33. The highest BCUT2D eigenvalue weighted by molar-refractivity contribution is 5.48. The number of rotatable bonds is 4. The lowest BCUT2D eigenvalue weighted by atomic mass is 9.95. The van der Waals surface area contributed by atoms with Crippen LogP contribution in [0.3, 0.4) is 0 Å². The maximum atomic E-state index is 10.8. The molecule has 28 heavy (non-hydrogen) atoms. The van der Waals surface area contributed by atoms with Gasteiger partial charge in [-0.05, 0) is 61.9 Å². The molecular formula is C22H32N4O2. The molecule has 1 aromatic heterocycles. The Labute approximate surface area is 167 Å². The SMILES string of the molecule is Cc1cc(C)c(CN2CC[C@@H](N3CCC(O)CC3)[C@H](O)C2)c(-n2cccn2)c1. The number of aliphatic hydroxyl groups is 2. The highest BCUT2D eigenvalue weighted by atomic mass is 16.3. The summed E-state index contributed by atoms with van der Waals surface area (Å²) in [6.45, 7) is 8.56. The smallest absolute Gasteiger partial charge is 0.0822 e. The van der Waals surface area contributed by atoms with Crippen LogP contribution in [-0.4, -0.2) is 74.2 Å². The lowest BCUT2D eigenvalue weighted by Crippen LogP contribution is -2.56. The van der Waals surface area contributed by atoms with Gasteiger partial charge in [-0.3, -0.25) is 9.80 Å². The van der Waals surface area contributed by atoms with Crippen molar-refractivity contribution < 1.29 is 10.2 Å². The van der Waals surface area contributed by atoms with Crippen molar-refractivity contribution in [1.29, 1.82) is 0 Å². The molecule has 0 radical (unpaired) electrons. The van der Waals surface area contributed by atoms with Crippen molar-refractivity contribution in [2.45, 2.75) is 57.9 Å². The van der Waals surface area contributed by atoms with E-state index >= 15 is 0 Å². The number of piperidine rings is 2. The zero-order chi connectivity index (χ0) is 19.7. The van der Waals surface area contributed by atoms with Crippen LogP contribution in [0.2, 0.25) is 0 Å². The van der Waals surface area contributed by atoms with Crippen molar-refractivity contribution in [1.82, 2.24) is 19.6 Å². The number of β-amino-alcohol motifs (C(OH)–C–C–N with tert-alkyl or cyclic N) is 1. The van der Waals surface area contributed by atoms with E-state index in [9.17, 15) is 10.2 Å². The molecule has 0 bridgehead atoms. The second-order valence-electron chi connectivity index (χ2n) is 8.46. The molecule has 2 aliphatic heterocycles. The second-order valence-corrected chi connectivity index (χ2v) is 8.46. The highest BCUT2D eigenvalue weighted by Gasteiger charge is 2.34. The number of aliphatic hydroxyl groups excluding tert-OH is 2. The summed E-state index contributed by atoms with van der Waals surface area (Å²) >= 11 is 0. The quantitative estimate of drug-likeness (QED) is 0.843. The molecule has 0 saturated carbocycles. The molecule has 1 aromatic carbocycles. The van der Waals surface area contributed by atoms with Gasteiger partial charge < -0.3 is 10.2 Å². The predicted molar refractivity (Wildman–Crippen MR) is 110 cm³/mol. The number of hydrogen-bond donors (Lipinski definition) is 2. The number of nitrogens with zero attached hydrogens (tertiary/aromatic N) is 4. The molecule has 2 saturated heterocycles. The third-order valence-corrected chi connectivity index (χ3v) is 6.33. The van der Waals surface area contributed by atoms with E-state index in [1.54, 1.807) is 0 Å². The first-order valence-corrected chi connectivity index (χ1v) is 10.4. The summed E-state index contributed by atoms with van der Waals surface area (Å²) in [6, 6.07) is 6.59. The Morgan fingerprint density at radius 2 is 1.86 bits per heavy atom. The van der Waals surface area contributed by atoms with Gasteiger partial charge >= 0.3 is 0 Å². The molecule has 152 valence electrons. The van der Waals surface area contributed by atoms with Crippen LogP contribution in [0.15, 0.2) is 30.6 Å². The number of likely N-dealkylation sites (tertiary alicyclic amines) is 2. The van der Waals surface area contributed by atoms with E-state index < -0.39 is 0 Å². The van der Waals surface area contributed by atoms with E-state index in [0.717, 1.165) is 51.1 Å². The molecule has 3 heterocycles. The van der Waals surface area contributed by atoms with Crippen LogP contribution in [0, 0.1) is 13.8 Å². The third kappa shape index (κ3) is 4.15. The van der Waals surface area contributed by atoms with Crippen LogP contribution in [-0.2, 0) is 6.54 Å². The normalized spacial score (nSPS) is 25.3. The number of aromatic nitrogens is 2. The van der Waals surface area contributed by atoms with E-state index in [1.807, 2.05) is 23.1 Å². The lowest BCUT2D eigenvalue weighted by Gasteiger charge is -2.44. The molecule has 0 aliphatic carbocycles. The van der Waals surface area contributed by atoms with E-state index in [-0.39, 0.29) is 18.2 Å². The first-order chi connectivity index (χ1) is 13.5. The molecule has 2 fully saturated rings. The Hall–Kier alpha value is -1.73. The van der Waals surface area contributed by atoms with Crippen LogP contribution >= 0.6 is 0 Å². The average Bonchev–Trinajstić information content (AvgIpc) is 3.19. The Morgan fingerprint density at radius 3 is 2.54 bits per heavy atom. The Morgan fingerprint density at radius 1 is 1.07 bits per heavy atom. The third-order valence-electron chi connectivity index (χ3n) is 6.33. The summed E-state index contributed by atoms with van der Waals surface area (Å²) in [7, 11) is 0. The van der Waals surface area contributed by atoms with Gasteiger partial charge in [0.25, 0.3) is 0 Å². The van der Waals surface area contributed by atoms with Crippen molar-refractivity contribution in [3.8, 4) is 5.69 Å². The molecule has 4 rings (SSSR count). The van der Waals surface area contributed by atoms with Crippen LogP contribution < -0.4 is 0 Å². The van der Waals surface area contributed by atoms with Gasteiger partial charge in [-0.2, -0.15) is 5.10 Å². The van der Waals surface area contributed by atoms with Crippen molar-refractivity contribution in [2.24, 2.45) is 0 Å². The van der Waals surface area contributed by atoms with Gasteiger partial charge in [0.1, 0.15) is 0 Å². The number of benzene rings is 1. The molecule has 6 heteroatoms. The summed E-state index contributed by atoms with van der Waals surface area (Å²) in [4.78, 5) is 4.74. The standard InChI is InChI=1S/C22H32N4O2/c1-16-12-17(2)19(21(13-16)26-8-3-7-23-26)14-24-9-6-20(22(28)15-24)25-10-4-18(27)5-11-25/h3,7-8,12-13,18,20,22,27-28H,4-6,9-11,14-15H2,1-2H3/t20-,22-/m1/s1. The van der Waals surface area contributed by atoms with Gasteiger partial charge in [0.15, 0.2) is 0 Å². The molecule has 2 atom stereocenters. The number of hydrogen-bond acceptors (Lipinski definition) is 5. The Kier molecular flexibility index (Phi) is 5.83. The maximum absolute atomic E-state index is 10.8. The van der Waals surface area contributed by atoms with Gasteiger partial charge in [0.05, 0.1) is 17.9 Å². The lowest BCUT2D eigenvalue weighted by molar-refractivity contribution is -0.0355. The highest BCUT2D eigenvalue weighted by Crippen LogP contribution is 2.26. The summed E-state index contributed by atoms with van der Waals surface area (Å²) in [5, 5.41) is 25.0. The van der Waals surface area contributed by atoms with Crippen LogP contribution in [0.5, 0.6) is 0 Å². The fraction of sp³-hybridized carbons (Fsp3) is 0.591. The molecule has 6 nitrogen and oxygen atoms in total. The van der Waals surface area contributed by atoms with E-state index in [1.165, 1.54) is 16.7 Å². The van der Waals surface area contributed by atoms with Gasteiger partial charge in [-0.25, -0.2) is 4.68 Å². The van der Waals surface area contributed by atoms with Gasteiger partial charge in [-0.15, -0.1) is 0 Å². The summed E-state index contributed by atoms with van der Waals surface area (Å²) in [5.74, 6) is 0. The summed E-state index contributed by atoms with van der Waals surface area (Å²) < 4.78 is 1.94. The van der Waals surface area contributed by atoms with Crippen LogP contribution in [0.4, 0.5) is 0 Å². The molecule has 2 N–H and O–H groups in total. The maximum Gasteiger partial charge on any atom is 0.0822 e. The van der Waals surface area contributed by atoms with Crippen LogP contribution in [0.1, 0.15) is 36.0 Å². The molecule has 0 unspecified atom stereocenters. The molecule has 2 aromatic rings. The van der Waals surface area contributed by atoms with E-state index in [0.29, 0.717) is 6.54 Å². The Bertz CT molecular complexity index is 784. The summed E-state index contributed by atoms with van der Waals surface area (Å²) in [6.07, 6.45) is 5.90. The zero-order valence-electron chi connectivity index (χ0n) is 17.0. The van der Waals surface area contributed by atoms with Gasteiger partial charge in [0, 0.05) is 51.2 Å². The molecule has 2 aliphatic rings. The zero-order valence-corrected chi connectivity index (χ0v) is 17.0. The minimum absolute atomic E-state index is 0.168. The largest absolute Gasteiger partial charge is 0.393 e. The fourth-order valence-corrected chi connectivity index (χ4v) is 4.79. The van der Waals surface area contributed by atoms with Crippen molar-refractivity contribution in [3.63, 3.8) is 0 Å². The topological polar surface area (TPSA) is 64.8 Å². The van der Waals surface area contributed by atoms with Gasteiger partial charge in [-0.1, -0.05) is 6.07 Å². The summed E-state index contributed by atoms with van der Waals surface area (Å²) in [5.41, 5.74) is 4.91. The first kappa shape index (κ1) is 19.6. The molecule has 0 amide bonds. The first-order valence-electron chi connectivity index (χ1n) is 10.4.